The highest BCUT2D eigenvalue weighted by Gasteiger charge is 2.52. The normalized spacial score (nSPS) is 26.2. The van der Waals surface area contributed by atoms with E-state index in [1.54, 1.807) is 6.92 Å². The Hall–Kier alpha value is 0.0169. The van der Waals surface area contributed by atoms with Gasteiger partial charge in [-0.1, -0.05) is 62.3 Å². The van der Waals surface area contributed by atoms with Crippen LogP contribution in [0.4, 0.5) is 0 Å². The fourth-order valence-corrected chi connectivity index (χ4v) is 10.5. The zero-order valence-electron chi connectivity index (χ0n) is 19.2. The molecule has 0 saturated carbocycles. The molecule has 0 aromatic rings. The van der Waals surface area contributed by atoms with E-state index in [9.17, 15) is 10.2 Å². The Balaban J connectivity index is 3.21. The Morgan fingerprint density at radius 2 is 1.48 bits per heavy atom. The molecule has 5 atom stereocenters. The predicted octanol–water partition coefficient (Wildman–Crippen LogP) is 4.32. The van der Waals surface area contributed by atoms with E-state index < -0.39 is 20.0 Å². The van der Waals surface area contributed by atoms with Crippen LogP contribution in [0.5, 0.6) is 0 Å². The second-order valence-electron chi connectivity index (χ2n) is 9.85. The quantitative estimate of drug-likeness (QED) is 0.531. The van der Waals surface area contributed by atoms with Crippen LogP contribution in [0.25, 0.3) is 0 Å². The largest absolute Gasteiger partial charge is 0.410 e. The molecule has 1 saturated heterocycles. The van der Waals surface area contributed by atoms with Crippen molar-refractivity contribution >= 4 is 8.32 Å². The van der Waals surface area contributed by atoms with E-state index in [1.807, 2.05) is 6.92 Å². The monoisotopic (exact) mass is 404 g/mol. The molecule has 5 nitrogen and oxygen atoms in total. The van der Waals surface area contributed by atoms with Gasteiger partial charge < -0.3 is 24.1 Å². The van der Waals surface area contributed by atoms with Gasteiger partial charge in [-0.3, -0.25) is 0 Å². The molecular weight excluding hydrogens is 360 g/mol. The first-order chi connectivity index (χ1) is 12.3. The lowest BCUT2D eigenvalue weighted by Gasteiger charge is -2.49. The fraction of sp³-hybridized carbons (Fsp3) is 1.00. The number of aliphatic hydroxyl groups is 2. The molecule has 1 fully saturated rings. The molecule has 1 aliphatic rings. The summed E-state index contributed by atoms with van der Waals surface area (Å²) in [5, 5.41) is 21.0. The Morgan fingerprint density at radius 1 is 1.00 bits per heavy atom. The molecule has 0 aliphatic carbocycles. The van der Waals surface area contributed by atoms with Gasteiger partial charge in [-0.15, -0.1) is 0 Å². The van der Waals surface area contributed by atoms with E-state index >= 15 is 0 Å². The van der Waals surface area contributed by atoms with E-state index in [1.165, 1.54) is 0 Å². The summed E-state index contributed by atoms with van der Waals surface area (Å²) in [5.74, 6) is 0.175. The van der Waals surface area contributed by atoms with Crippen LogP contribution in [0, 0.1) is 11.8 Å². The molecule has 1 aliphatic heterocycles. The van der Waals surface area contributed by atoms with Gasteiger partial charge in [0.1, 0.15) is 5.60 Å². The van der Waals surface area contributed by atoms with Crippen molar-refractivity contribution in [2.24, 2.45) is 11.8 Å². The van der Waals surface area contributed by atoms with Gasteiger partial charge in [-0.05, 0) is 23.5 Å². The number of hydrogen-bond donors (Lipinski definition) is 2. The maximum Gasteiger partial charge on any atom is 0.200 e. The lowest BCUT2D eigenvalue weighted by atomic mass is 9.87. The summed E-state index contributed by atoms with van der Waals surface area (Å²) in [6.07, 6.45) is -0.890. The van der Waals surface area contributed by atoms with Crippen molar-refractivity contribution in [2.75, 3.05) is 13.2 Å². The zero-order valence-corrected chi connectivity index (χ0v) is 20.2. The summed E-state index contributed by atoms with van der Waals surface area (Å²) < 4.78 is 18.9. The van der Waals surface area contributed by atoms with E-state index in [2.05, 4.69) is 55.4 Å². The third-order valence-electron chi connectivity index (χ3n) is 6.31. The van der Waals surface area contributed by atoms with E-state index in [4.69, 9.17) is 13.9 Å². The lowest BCUT2D eigenvalue weighted by Crippen LogP contribution is -2.59. The molecule has 0 aromatic carbocycles. The number of ether oxygens (including phenoxy) is 2. The molecule has 0 spiro atoms. The van der Waals surface area contributed by atoms with Crippen LogP contribution in [0.15, 0.2) is 0 Å². The van der Waals surface area contributed by atoms with Gasteiger partial charge in [-0.2, -0.15) is 0 Å². The van der Waals surface area contributed by atoms with Crippen molar-refractivity contribution in [1.29, 1.82) is 0 Å². The maximum absolute atomic E-state index is 11.0. The molecule has 6 heteroatoms. The van der Waals surface area contributed by atoms with Crippen molar-refractivity contribution in [3.05, 3.63) is 0 Å². The van der Waals surface area contributed by atoms with Gasteiger partial charge in [0.15, 0.2) is 6.29 Å². The zero-order chi connectivity index (χ0) is 21.2. The van der Waals surface area contributed by atoms with Gasteiger partial charge in [-0.25, -0.2) is 0 Å². The van der Waals surface area contributed by atoms with Crippen LogP contribution in [-0.2, 0) is 13.9 Å². The number of hydrogen-bond acceptors (Lipinski definition) is 5. The van der Waals surface area contributed by atoms with Gasteiger partial charge in [0.05, 0.1) is 25.4 Å². The highest BCUT2D eigenvalue weighted by atomic mass is 28.4. The fourth-order valence-electron chi connectivity index (χ4n) is 4.78. The Kier molecular flexibility index (Phi) is 8.98. The average Bonchev–Trinajstić information content (AvgIpc) is 3.04. The molecule has 0 aromatic heterocycles. The Morgan fingerprint density at radius 3 is 1.81 bits per heavy atom. The lowest BCUT2D eigenvalue weighted by molar-refractivity contribution is -0.140. The van der Waals surface area contributed by atoms with Crippen LogP contribution in [-0.4, -0.2) is 55.8 Å². The van der Waals surface area contributed by atoms with E-state index in [-0.39, 0.29) is 30.8 Å². The molecular formula is C21H44O5Si. The second kappa shape index (κ2) is 9.68. The first kappa shape index (κ1) is 25.1. The topological polar surface area (TPSA) is 68.2 Å². The number of aliphatic hydroxyl groups excluding tert-OH is 1. The van der Waals surface area contributed by atoms with E-state index in [0.717, 1.165) is 0 Å². The summed E-state index contributed by atoms with van der Waals surface area (Å²) in [6.45, 7) is 21.4. The Labute approximate surface area is 167 Å². The van der Waals surface area contributed by atoms with Gasteiger partial charge in [0.2, 0.25) is 8.32 Å². The SMILES string of the molecule is CC(C)C1OC[C@H]([C@H](C)[C@@H](O[Si](C(C)C)(C(C)C)C(C)C)[C@@](C)(O)CO)O1. The molecule has 1 rings (SSSR count). The molecule has 162 valence electrons. The highest BCUT2D eigenvalue weighted by Crippen LogP contribution is 2.45. The third kappa shape index (κ3) is 5.34. The molecule has 0 bridgehead atoms. The highest BCUT2D eigenvalue weighted by molar-refractivity contribution is 6.77. The van der Waals surface area contributed by atoms with Crippen molar-refractivity contribution in [1.82, 2.24) is 0 Å². The second-order valence-corrected chi connectivity index (χ2v) is 15.3. The minimum Gasteiger partial charge on any atom is -0.410 e. The first-order valence-corrected chi connectivity index (χ1v) is 12.7. The molecule has 1 heterocycles. The Bertz CT molecular complexity index is 428. The van der Waals surface area contributed by atoms with Crippen molar-refractivity contribution < 1.29 is 24.1 Å². The van der Waals surface area contributed by atoms with Gasteiger partial charge in [0.25, 0.3) is 0 Å². The van der Waals surface area contributed by atoms with Crippen molar-refractivity contribution in [2.45, 2.75) is 110 Å². The molecule has 1 unspecified atom stereocenters. The first-order valence-electron chi connectivity index (χ1n) is 10.6. The van der Waals surface area contributed by atoms with Crippen molar-refractivity contribution in [3.8, 4) is 0 Å². The van der Waals surface area contributed by atoms with Crippen LogP contribution >= 0.6 is 0 Å². The van der Waals surface area contributed by atoms with Crippen LogP contribution in [0.3, 0.4) is 0 Å². The van der Waals surface area contributed by atoms with E-state index in [0.29, 0.717) is 23.2 Å². The van der Waals surface area contributed by atoms with Crippen LogP contribution in [0.2, 0.25) is 16.6 Å². The summed E-state index contributed by atoms with van der Waals surface area (Å²) in [7, 11) is -2.24. The summed E-state index contributed by atoms with van der Waals surface area (Å²) in [6, 6.07) is 0. The smallest absolute Gasteiger partial charge is 0.200 e. The third-order valence-corrected chi connectivity index (χ3v) is 12.4. The van der Waals surface area contributed by atoms with Gasteiger partial charge >= 0.3 is 0 Å². The molecule has 27 heavy (non-hydrogen) atoms. The average molecular weight is 405 g/mol. The molecule has 0 radical (unpaired) electrons. The predicted molar refractivity (Wildman–Crippen MR) is 112 cm³/mol. The van der Waals surface area contributed by atoms with Crippen molar-refractivity contribution in [3.63, 3.8) is 0 Å². The van der Waals surface area contributed by atoms with Crippen LogP contribution < -0.4 is 0 Å². The maximum atomic E-state index is 11.0. The summed E-state index contributed by atoms with van der Waals surface area (Å²) in [4.78, 5) is 0. The molecule has 2 N–H and O–H groups in total. The number of rotatable bonds is 10. The standard InChI is InChI=1S/C21H44O5Si/c1-13(2)20-24-11-18(25-20)17(9)19(21(10,23)12-22)26-27(14(3)4,15(5)6)16(7)8/h13-20,22-23H,11-12H2,1-10H3/t17-,18+,19+,20?,21-/m0/s1. The minimum absolute atomic E-state index is 0.0981. The molecule has 0 amide bonds. The van der Waals surface area contributed by atoms with Gasteiger partial charge in [0, 0.05) is 11.8 Å². The minimum atomic E-state index is -2.24. The van der Waals surface area contributed by atoms with Crippen LogP contribution in [0.1, 0.15) is 69.2 Å². The summed E-state index contributed by atoms with van der Waals surface area (Å²) >= 11 is 0. The summed E-state index contributed by atoms with van der Waals surface area (Å²) in [5.41, 5.74) is -0.155.